The van der Waals surface area contributed by atoms with Gasteiger partial charge in [0.25, 0.3) is 0 Å². The van der Waals surface area contributed by atoms with Crippen LogP contribution in [0.5, 0.6) is 0 Å². The first-order chi connectivity index (χ1) is 10.6. The van der Waals surface area contributed by atoms with Gasteiger partial charge in [0.05, 0.1) is 5.75 Å². The van der Waals surface area contributed by atoms with Crippen molar-refractivity contribution in [3.8, 4) is 0 Å². The van der Waals surface area contributed by atoms with E-state index in [-0.39, 0.29) is 11.6 Å². The molecule has 0 radical (unpaired) electrons. The molecule has 8 heteroatoms. The Hall–Kier alpha value is -2.22. The highest BCUT2D eigenvalue weighted by Crippen LogP contribution is 2.10. The summed E-state index contributed by atoms with van der Waals surface area (Å²) < 4.78 is 25.9. The molecule has 0 amide bonds. The molecule has 22 heavy (non-hydrogen) atoms. The fourth-order valence-electron chi connectivity index (χ4n) is 1.72. The maximum Gasteiger partial charge on any atom is 0.233 e. The molecule has 0 aliphatic heterocycles. The first-order valence-corrected chi connectivity index (χ1v) is 8.71. The van der Waals surface area contributed by atoms with Crippen molar-refractivity contribution in [3.63, 3.8) is 0 Å². The van der Waals surface area contributed by atoms with Crippen molar-refractivity contribution in [1.29, 1.82) is 0 Å². The zero-order valence-electron chi connectivity index (χ0n) is 12.4. The molecule has 0 saturated carbocycles. The van der Waals surface area contributed by atoms with Crippen LogP contribution in [0, 0.1) is 0 Å². The third kappa shape index (κ3) is 5.28. The first kappa shape index (κ1) is 16.2. The van der Waals surface area contributed by atoms with E-state index in [1.165, 1.54) is 0 Å². The van der Waals surface area contributed by atoms with Gasteiger partial charge in [-0.25, -0.2) is 8.42 Å². The highest BCUT2D eigenvalue weighted by Gasteiger charge is 2.10. The lowest BCUT2D eigenvalue weighted by Crippen LogP contribution is -2.17. The van der Waals surface area contributed by atoms with Crippen LogP contribution in [0.3, 0.4) is 0 Å². The number of hydrogen-bond donors (Lipinski definition) is 2. The number of unbranched alkanes of at least 4 members (excludes halogenated alkanes) is 1. The molecule has 0 fully saturated rings. The topological polar surface area (TPSA) is 96.9 Å². The number of hydrogen-bond acceptors (Lipinski definition) is 6. The smallest absolute Gasteiger partial charge is 0.233 e. The van der Waals surface area contributed by atoms with Crippen LogP contribution in [0.15, 0.2) is 36.7 Å². The molecule has 0 aromatic carbocycles. The Labute approximate surface area is 130 Å². The molecule has 118 valence electrons. The second-order valence-corrected chi connectivity index (χ2v) is 6.63. The zero-order chi connectivity index (χ0) is 15.8. The average Bonchev–Trinajstić information content (AvgIpc) is 2.53. The quantitative estimate of drug-likeness (QED) is 0.772. The zero-order valence-corrected chi connectivity index (χ0v) is 13.2. The number of sulfonamides is 1. The van der Waals surface area contributed by atoms with Crippen LogP contribution in [0.4, 0.5) is 11.6 Å². The number of anilines is 2. The van der Waals surface area contributed by atoms with Crippen molar-refractivity contribution in [1.82, 2.24) is 15.2 Å². The monoisotopic (exact) mass is 321 g/mol. The molecule has 0 aliphatic rings. The molecule has 0 saturated heterocycles. The summed E-state index contributed by atoms with van der Waals surface area (Å²) in [6.07, 6.45) is 4.88. The van der Waals surface area contributed by atoms with Gasteiger partial charge < -0.3 is 5.32 Å². The molecule has 0 spiro atoms. The third-order valence-corrected chi connectivity index (χ3v) is 4.26. The van der Waals surface area contributed by atoms with Gasteiger partial charge in [-0.3, -0.25) is 9.71 Å². The van der Waals surface area contributed by atoms with Crippen LogP contribution in [-0.2, 0) is 16.6 Å². The summed E-state index contributed by atoms with van der Waals surface area (Å²) >= 11 is 0. The van der Waals surface area contributed by atoms with Crippen LogP contribution in [0.2, 0.25) is 0 Å². The SMILES string of the molecule is CCCCS(=O)(=O)Nc1ccc(NCc2ccncc2)nn1. The largest absolute Gasteiger partial charge is 0.365 e. The summed E-state index contributed by atoms with van der Waals surface area (Å²) in [6.45, 7) is 2.54. The maximum absolute atomic E-state index is 11.8. The van der Waals surface area contributed by atoms with E-state index < -0.39 is 10.0 Å². The summed E-state index contributed by atoms with van der Waals surface area (Å²) in [5.41, 5.74) is 1.07. The lowest BCUT2D eigenvalue weighted by molar-refractivity contribution is 0.597. The number of nitrogens with one attached hydrogen (secondary N) is 2. The van der Waals surface area contributed by atoms with Gasteiger partial charge in [-0.15, -0.1) is 10.2 Å². The summed E-state index contributed by atoms with van der Waals surface area (Å²) in [4.78, 5) is 3.95. The van der Waals surface area contributed by atoms with E-state index >= 15 is 0 Å². The number of pyridine rings is 1. The molecule has 2 aromatic rings. The molecule has 0 bridgehead atoms. The van der Waals surface area contributed by atoms with E-state index in [9.17, 15) is 8.42 Å². The maximum atomic E-state index is 11.8. The van der Waals surface area contributed by atoms with Gasteiger partial charge in [-0.2, -0.15) is 0 Å². The van der Waals surface area contributed by atoms with Crippen LogP contribution >= 0.6 is 0 Å². The normalized spacial score (nSPS) is 11.1. The van der Waals surface area contributed by atoms with Crippen LogP contribution in [-0.4, -0.2) is 29.4 Å². The van der Waals surface area contributed by atoms with Gasteiger partial charge in [0.2, 0.25) is 10.0 Å². The molecule has 2 heterocycles. The van der Waals surface area contributed by atoms with Crippen molar-refractivity contribution in [2.75, 3.05) is 15.8 Å². The fraction of sp³-hybridized carbons (Fsp3) is 0.357. The molecule has 0 unspecified atom stereocenters. The molecule has 2 aromatic heterocycles. The number of aromatic nitrogens is 3. The minimum atomic E-state index is -3.34. The molecule has 2 N–H and O–H groups in total. The van der Waals surface area contributed by atoms with Crippen molar-refractivity contribution in [3.05, 3.63) is 42.2 Å². The van der Waals surface area contributed by atoms with Gasteiger partial charge in [0.15, 0.2) is 5.82 Å². The van der Waals surface area contributed by atoms with E-state index in [1.54, 1.807) is 24.5 Å². The minimum absolute atomic E-state index is 0.0905. The molecule has 0 aliphatic carbocycles. The van der Waals surface area contributed by atoms with Gasteiger partial charge >= 0.3 is 0 Å². The van der Waals surface area contributed by atoms with E-state index in [4.69, 9.17) is 0 Å². The van der Waals surface area contributed by atoms with Crippen molar-refractivity contribution in [2.45, 2.75) is 26.3 Å². The summed E-state index contributed by atoms with van der Waals surface area (Å²) in [6, 6.07) is 7.07. The Morgan fingerprint density at radius 2 is 1.73 bits per heavy atom. The summed E-state index contributed by atoms with van der Waals surface area (Å²) in [5.74, 6) is 0.895. The van der Waals surface area contributed by atoms with Crippen molar-refractivity contribution < 1.29 is 8.42 Å². The first-order valence-electron chi connectivity index (χ1n) is 7.06. The number of rotatable bonds is 8. The van der Waals surface area contributed by atoms with Gasteiger partial charge in [0, 0.05) is 18.9 Å². The average molecular weight is 321 g/mol. The Kier molecular flexibility index (Phi) is 5.65. The minimum Gasteiger partial charge on any atom is -0.365 e. The second-order valence-electron chi connectivity index (χ2n) is 4.79. The van der Waals surface area contributed by atoms with E-state index in [0.717, 1.165) is 12.0 Å². The molecular weight excluding hydrogens is 302 g/mol. The molecule has 7 nitrogen and oxygen atoms in total. The molecule has 2 rings (SSSR count). The molecule has 0 atom stereocenters. The lowest BCUT2D eigenvalue weighted by Gasteiger charge is -2.08. The van der Waals surface area contributed by atoms with E-state index in [0.29, 0.717) is 18.8 Å². The Bertz CT molecular complexity index is 674. The summed E-state index contributed by atoms with van der Waals surface area (Å²) in [7, 11) is -3.34. The second kappa shape index (κ2) is 7.69. The van der Waals surface area contributed by atoms with Crippen LogP contribution in [0.25, 0.3) is 0 Å². The van der Waals surface area contributed by atoms with Gasteiger partial charge in [-0.05, 0) is 36.2 Å². The predicted octanol–water partition coefficient (Wildman–Crippen LogP) is 2.03. The standard InChI is InChI=1S/C14H19N5O2S/c1-2-3-10-22(20,21)19-14-5-4-13(17-18-14)16-11-12-6-8-15-9-7-12/h4-9H,2-3,10-11H2,1H3,(H,16,17)(H,18,19). The highest BCUT2D eigenvalue weighted by atomic mass is 32.2. The van der Waals surface area contributed by atoms with Gasteiger partial charge in [0.1, 0.15) is 5.82 Å². The number of nitrogens with zero attached hydrogens (tertiary/aromatic N) is 3. The summed E-state index contributed by atoms with van der Waals surface area (Å²) in [5, 5.41) is 10.9. The van der Waals surface area contributed by atoms with E-state index in [1.807, 2.05) is 19.1 Å². The Morgan fingerprint density at radius 1 is 1.05 bits per heavy atom. The van der Waals surface area contributed by atoms with Crippen molar-refractivity contribution in [2.24, 2.45) is 0 Å². The molecular formula is C14H19N5O2S. The Morgan fingerprint density at radius 3 is 2.36 bits per heavy atom. The van der Waals surface area contributed by atoms with Crippen LogP contribution in [0.1, 0.15) is 25.3 Å². The van der Waals surface area contributed by atoms with Crippen LogP contribution < -0.4 is 10.0 Å². The lowest BCUT2D eigenvalue weighted by atomic mass is 10.3. The predicted molar refractivity (Wildman–Crippen MR) is 85.9 cm³/mol. The van der Waals surface area contributed by atoms with E-state index in [2.05, 4.69) is 25.2 Å². The van der Waals surface area contributed by atoms with Crippen molar-refractivity contribution >= 4 is 21.7 Å². The Balaban J connectivity index is 1.90. The highest BCUT2D eigenvalue weighted by molar-refractivity contribution is 7.92. The third-order valence-electron chi connectivity index (χ3n) is 2.91. The van der Waals surface area contributed by atoms with Gasteiger partial charge in [-0.1, -0.05) is 13.3 Å². The fourth-order valence-corrected chi connectivity index (χ4v) is 2.92.